The summed E-state index contributed by atoms with van der Waals surface area (Å²) in [5.74, 6) is -0.951. The number of carbonyl (C=O) groups is 2. The number of aryl methyl sites for hydroxylation is 1. The van der Waals surface area contributed by atoms with Crippen LogP contribution in [0.15, 0.2) is 65.8 Å². The molecule has 1 aliphatic heterocycles. The average molecular weight is 509 g/mol. The zero-order chi connectivity index (χ0) is 25.9. The van der Waals surface area contributed by atoms with Crippen molar-refractivity contribution >= 4 is 24.3 Å². The van der Waals surface area contributed by atoms with Crippen LogP contribution in [0.1, 0.15) is 40.0 Å². The van der Waals surface area contributed by atoms with E-state index in [-0.39, 0.29) is 11.6 Å². The molecule has 4 rings (SSSR count). The quantitative estimate of drug-likeness (QED) is 0.308. The maximum atomic E-state index is 10.5. The van der Waals surface area contributed by atoms with Gasteiger partial charge in [-0.15, -0.1) is 0 Å². The third kappa shape index (κ3) is 7.89. The Hall–Kier alpha value is -3.24. The number of nitrogens with one attached hydrogen (secondary N) is 1. The average Bonchev–Trinajstić information content (AvgIpc) is 2.90. The minimum Gasteiger partial charge on any atom is -0.478 e. The van der Waals surface area contributed by atoms with Crippen LogP contribution in [0, 0.1) is 6.92 Å². The van der Waals surface area contributed by atoms with Crippen molar-refractivity contribution in [1.82, 2.24) is 15.2 Å². The molecule has 8 nitrogen and oxygen atoms in total. The van der Waals surface area contributed by atoms with Crippen LogP contribution in [0.25, 0.3) is 11.1 Å². The normalized spacial score (nSPS) is 14.3. The number of ether oxygens (including phenoxy) is 1. The predicted octanol–water partition coefficient (Wildman–Crippen LogP) is 4.05. The highest BCUT2D eigenvalue weighted by molar-refractivity contribution is 7.97. The summed E-state index contributed by atoms with van der Waals surface area (Å²) in [6.45, 7) is 8.50. The molecule has 0 radical (unpaired) electrons. The number of morpholine rings is 1. The minimum atomic E-state index is -0.951. The van der Waals surface area contributed by atoms with Gasteiger partial charge in [0.05, 0.1) is 24.8 Å². The van der Waals surface area contributed by atoms with Crippen molar-refractivity contribution in [3.8, 4) is 11.1 Å². The number of hydrogen-bond acceptors (Lipinski definition) is 7. The molecule has 0 spiro atoms. The van der Waals surface area contributed by atoms with Gasteiger partial charge >= 0.3 is 5.97 Å². The van der Waals surface area contributed by atoms with Crippen LogP contribution in [0.2, 0.25) is 0 Å². The van der Waals surface area contributed by atoms with Gasteiger partial charge in [-0.05, 0) is 78.4 Å². The molecule has 9 heteroatoms. The zero-order valence-electron chi connectivity index (χ0n) is 20.5. The smallest absolute Gasteiger partial charge is 0.335 e. The van der Waals surface area contributed by atoms with Crippen LogP contribution in [0.4, 0.5) is 0 Å². The van der Waals surface area contributed by atoms with Gasteiger partial charge in [0.25, 0.3) is 0 Å². The number of amides is 1. The Morgan fingerprint density at radius 2 is 1.92 bits per heavy atom. The van der Waals surface area contributed by atoms with Gasteiger partial charge in [0, 0.05) is 42.5 Å². The van der Waals surface area contributed by atoms with E-state index in [1.807, 2.05) is 19.3 Å². The lowest BCUT2D eigenvalue weighted by Crippen LogP contribution is -2.35. The summed E-state index contributed by atoms with van der Waals surface area (Å²) in [7, 11) is 0. The van der Waals surface area contributed by atoms with E-state index in [0.29, 0.717) is 6.41 Å². The minimum absolute atomic E-state index is 0.102. The van der Waals surface area contributed by atoms with Gasteiger partial charge in [-0.3, -0.25) is 19.8 Å². The summed E-state index contributed by atoms with van der Waals surface area (Å²) in [5.41, 5.74) is 5.97. The molecule has 4 N–H and O–H groups in total. The number of pyridine rings is 1. The van der Waals surface area contributed by atoms with E-state index in [4.69, 9.17) is 15.0 Å². The molecular weight excluding hydrogens is 476 g/mol. The maximum Gasteiger partial charge on any atom is 0.335 e. The predicted molar refractivity (Wildman–Crippen MR) is 142 cm³/mol. The van der Waals surface area contributed by atoms with Crippen molar-refractivity contribution in [3.63, 3.8) is 0 Å². The van der Waals surface area contributed by atoms with Crippen molar-refractivity contribution in [1.29, 1.82) is 0 Å². The molecule has 36 heavy (non-hydrogen) atoms. The first kappa shape index (κ1) is 27.3. The number of rotatable bonds is 8. The molecule has 1 amide bonds. The first-order chi connectivity index (χ1) is 17.4. The topological polar surface area (TPSA) is 118 Å². The molecule has 3 aromatic rings. The Bertz CT molecular complexity index is 1150. The molecule has 0 bridgehead atoms. The highest BCUT2D eigenvalue weighted by Gasteiger charge is 2.12. The highest BCUT2D eigenvalue weighted by Crippen LogP contribution is 2.27. The maximum absolute atomic E-state index is 10.5. The van der Waals surface area contributed by atoms with E-state index in [1.165, 1.54) is 40.8 Å². The number of nitrogens with two attached hydrogens (primary N) is 1. The van der Waals surface area contributed by atoms with E-state index in [1.54, 1.807) is 12.1 Å². The van der Waals surface area contributed by atoms with E-state index in [2.05, 4.69) is 46.4 Å². The second-order valence-corrected chi connectivity index (χ2v) is 9.21. The Balaban J connectivity index is 0.000000223. The fraction of sp³-hybridized carbons (Fsp3) is 0.296. The number of aromatic nitrogens is 1. The molecule has 0 aliphatic carbocycles. The second-order valence-electron chi connectivity index (χ2n) is 8.50. The molecule has 1 atom stereocenters. The van der Waals surface area contributed by atoms with Crippen LogP contribution in [-0.2, 0) is 16.1 Å². The van der Waals surface area contributed by atoms with Gasteiger partial charge in [-0.2, -0.15) is 0 Å². The third-order valence-corrected chi connectivity index (χ3v) is 6.45. The monoisotopic (exact) mass is 508 g/mol. The summed E-state index contributed by atoms with van der Waals surface area (Å²) in [4.78, 5) is 28.6. The lowest BCUT2D eigenvalue weighted by Gasteiger charge is -2.26. The number of carbonyl (C=O) groups excluding carboxylic acids is 1. The summed E-state index contributed by atoms with van der Waals surface area (Å²) in [6.07, 6.45) is 4.51. The summed E-state index contributed by atoms with van der Waals surface area (Å²) in [5, 5.41) is 16.9. The number of benzene rings is 2. The summed E-state index contributed by atoms with van der Waals surface area (Å²) >= 11 is 1.28. The lowest BCUT2D eigenvalue weighted by atomic mass is 10.0. The summed E-state index contributed by atoms with van der Waals surface area (Å²) in [6, 6.07) is 14.8. The molecule has 1 fully saturated rings. The number of carboxylic acid groups (broad SMARTS) is 1. The molecule has 1 aromatic heterocycles. The standard InChI is InChI=1S/C17H21N3OS.C10H11NO3/c1-13-8-16(22-18)2-3-17(13)15-9-14(10-19-11-15)12-20-4-6-21-7-5-20;1-7(11-6-12)8-2-4-9(5-3-8)10(13)14/h2-3,8-11H,4-7,12,18H2,1H3;2-7H,1H3,(H,11,12)(H,13,14). The lowest BCUT2D eigenvalue weighted by molar-refractivity contribution is -0.110. The van der Waals surface area contributed by atoms with Crippen molar-refractivity contribution in [2.45, 2.75) is 31.3 Å². The Labute approximate surface area is 216 Å². The molecule has 190 valence electrons. The first-order valence-electron chi connectivity index (χ1n) is 11.7. The van der Waals surface area contributed by atoms with E-state index < -0.39 is 5.97 Å². The molecule has 1 unspecified atom stereocenters. The van der Waals surface area contributed by atoms with Crippen molar-refractivity contribution in [2.75, 3.05) is 26.3 Å². The van der Waals surface area contributed by atoms with Gasteiger partial charge in [0.15, 0.2) is 0 Å². The Kier molecular flexibility index (Phi) is 10.4. The highest BCUT2D eigenvalue weighted by atomic mass is 32.2. The fourth-order valence-electron chi connectivity index (χ4n) is 3.88. The number of hydrogen-bond donors (Lipinski definition) is 3. The van der Waals surface area contributed by atoms with Gasteiger partial charge < -0.3 is 15.2 Å². The van der Waals surface area contributed by atoms with Crippen LogP contribution in [-0.4, -0.2) is 53.7 Å². The first-order valence-corrected chi connectivity index (χ1v) is 12.5. The molecule has 1 aliphatic rings. The van der Waals surface area contributed by atoms with Gasteiger partial charge in [-0.25, -0.2) is 4.79 Å². The zero-order valence-corrected chi connectivity index (χ0v) is 21.3. The molecule has 0 saturated carbocycles. The van der Waals surface area contributed by atoms with Crippen molar-refractivity contribution in [3.05, 3.63) is 83.2 Å². The Morgan fingerprint density at radius 1 is 1.19 bits per heavy atom. The van der Waals surface area contributed by atoms with Crippen LogP contribution in [0.5, 0.6) is 0 Å². The van der Waals surface area contributed by atoms with E-state index in [9.17, 15) is 9.59 Å². The van der Waals surface area contributed by atoms with Gasteiger partial charge in [0.2, 0.25) is 6.41 Å². The van der Waals surface area contributed by atoms with Gasteiger partial charge in [-0.1, -0.05) is 18.2 Å². The van der Waals surface area contributed by atoms with Gasteiger partial charge in [0.1, 0.15) is 0 Å². The summed E-state index contributed by atoms with van der Waals surface area (Å²) < 4.78 is 5.40. The largest absolute Gasteiger partial charge is 0.478 e. The molecule has 2 heterocycles. The van der Waals surface area contributed by atoms with Crippen molar-refractivity contribution < 1.29 is 19.4 Å². The SMILES string of the molecule is CC(NC=O)c1ccc(C(=O)O)cc1.Cc1cc(SN)ccc1-c1cncc(CN2CCOCC2)c1. The number of nitrogens with zero attached hydrogens (tertiary/aromatic N) is 2. The van der Waals surface area contributed by atoms with E-state index in [0.717, 1.165) is 48.9 Å². The van der Waals surface area contributed by atoms with Crippen LogP contribution >= 0.6 is 11.9 Å². The fourth-order valence-corrected chi connectivity index (χ4v) is 4.28. The Morgan fingerprint density at radius 3 is 2.53 bits per heavy atom. The number of aromatic carboxylic acids is 1. The number of carboxylic acids is 1. The van der Waals surface area contributed by atoms with E-state index >= 15 is 0 Å². The van der Waals surface area contributed by atoms with Crippen LogP contribution < -0.4 is 10.5 Å². The van der Waals surface area contributed by atoms with Crippen molar-refractivity contribution in [2.24, 2.45) is 5.14 Å². The molecule has 1 saturated heterocycles. The molecule has 2 aromatic carbocycles. The third-order valence-electron chi connectivity index (χ3n) is 5.93. The second kappa shape index (κ2) is 13.7. The van der Waals surface area contributed by atoms with Crippen LogP contribution in [0.3, 0.4) is 0 Å². The molecular formula is C27H32N4O4S.